The Morgan fingerprint density at radius 1 is 0.647 bits per heavy atom. The molecule has 108 valence electrons. The Morgan fingerprint density at radius 3 is 0.941 bits per heavy atom. The van der Waals surface area contributed by atoms with Crippen molar-refractivity contribution in [2.24, 2.45) is 0 Å². The van der Waals surface area contributed by atoms with E-state index >= 15 is 0 Å². The molecule has 0 fully saturated rings. The van der Waals surface area contributed by atoms with E-state index in [0.717, 1.165) is 0 Å². The molecule has 0 aromatic rings. The van der Waals surface area contributed by atoms with Crippen LogP contribution in [0.2, 0.25) is 0 Å². The molecule has 0 aliphatic rings. The van der Waals surface area contributed by atoms with Gasteiger partial charge < -0.3 is 0 Å². The van der Waals surface area contributed by atoms with Crippen molar-refractivity contribution < 1.29 is 46.8 Å². The van der Waals surface area contributed by atoms with Gasteiger partial charge in [-0.3, -0.25) is 0 Å². The molecule has 0 spiro atoms. The van der Waals surface area contributed by atoms with Crippen LogP contribution in [0.4, 0.5) is 26.3 Å². The van der Waals surface area contributed by atoms with Crippen LogP contribution in [0.5, 0.6) is 0 Å². The lowest BCUT2D eigenvalue weighted by atomic mass is 11.6. The first kappa shape index (κ1) is 22.2. The van der Waals surface area contributed by atoms with Gasteiger partial charge in [0.25, 0.3) is 0 Å². The molecule has 0 aromatic heterocycles. The number of hydrogen-bond donors (Lipinski definition) is 0. The molecule has 0 unspecified atom stereocenters. The molecule has 0 amide bonds. The van der Waals surface area contributed by atoms with Gasteiger partial charge in [0.05, 0.1) is 0 Å². The smallest absolute Gasteiger partial charge is 0.188 e. The van der Waals surface area contributed by atoms with E-state index in [2.05, 4.69) is 0 Å². The van der Waals surface area contributed by atoms with E-state index in [1.54, 1.807) is 0 Å². The zero-order valence-corrected chi connectivity index (χ0v) is 10.2. The molecule has 0 aromatic carbocycles. The second-order valence-corrected chi connectivity index (χ2v) is 5.15. The summed E-state index contributed by atoms with van der Waals surface area (Å²) in [7, 11) is -13.7. The van der Waals surface area contributed by atoms with Crippen molar-refractivity contribution in [2.45, 2.75) is 11.0 Å². The molecule has 17 heavy (non-hydrogen) atoms. The Bertz CT molecular complexity index is 390. The van der Waals surface area contributed by atoms with Crippen molar-refractivity contribution in [3.05, 3.63) is 0 Å². The van der Waals surface area contributed by atoms with E-state index in [4.69, 9.17) is 0 Å². The lowest BCUT2D eigenvalue weighted by Crippen LogP contribution is -2.34. The Kier molecular flexibility index (Phi) is 7.55. The zero-order valence-electron chi connectivity index (χ0n) is 6.94. The number of rotatable bonds is 2. The van der Waals surface area contributed by atoms with Crippen LogP contribution in [0.25, 0.3) is 0 Å². The van der Waals surface area contributed by atoms with Gasteiger partial charge in [0.15, 0.2) is 0 Å². The lowest BCUT2D eigenvalue weighted by Gasteiger charge is -2.09. The second-order valence-electron chi connectivity index (χ2n) is 1.87. The maximum atomic E-state index is 11.4. The van der Waals surface area contributed by atoms with Crippen molar-refractivity contribution >= 4 is 45.1 Å². The van der Waals surface area contributed by atoms with Crippen molar-refractivity contribution in [3.8, 4) is 0 Å². The molecule has 0 aliphatic heterocycles. The van der Waals surface area contributed by atoms with Crippen LogP contribution in [0.3, 0.4) is 0 Å². The van der Waals surface area contributed by atoms with Gasteiger partial charge in [-0.15, -0.1) is 28.4 Å². The predicted octanol–water partition coefficient (Wildman–Crippen LogP) is 1.55. The minimum absolute atomic E-state index is 0. The fourth-order valence-electron chi connectivity index (χ4n) is 0.195. The average molecular weight is 355 g/mol. The van der Waals surface area contributed by atoms with Gasteiger partial charge in [-0.2, -0.15) is 43.2 Å². The van der Waals surface area contributed by atoms with Crippen molar-refractivity contribution in [2.75, 3.05) is 0 Å². The average Bonchev–Trinajstić information content (AvgIpc) is 1.77. The van der Waals surface area contributed by atoms with Gasteiger partial charge in [0.1, 0.15) is 0 Å². The monoisotopic (exact) mass is 354 g/mol. The van der Waals surface area contributed by atoms with Crippen molar-refractivity contribution in [1.82, 2.24) is 0 Å². The van der Waals surface area contributed by atoms with E-state index < -0.39 is 31.3 Å². The third-order valence-corrected chi connectivity index (χ3v) is 3.31. The van der Waals surface area contributed by atoms with Crippen LogP contribution in [-0.2, 0) is 23.9 Å². The second kappa shape index (κ2) is 5.77. The molecule has 0 atom stereocenters. The first-order chi connectivity index (χ1) is 6.21. The highest BCUT2D eigenvalue weighted by molar-refractivity contribution is 8.00. The summed E-state index contributed by atoms with van der Waals surface area (Å²) in [5, 5.41) is 0. The normalized spacial score (nSPS) is 13.5. The quantitative estimate of drug-likeness (QED) is 0.555. The molecule has 0 saturated carbocycles. The highest BCUT2D eigenvalue weighted by atomic mass is 35.5. The van der Waals surface area contributed by atoms with Crippen LogP contribution < -0.4 is 0 Å². The molecule has 0 aliphatic carbocycles. The summed E-state index contributed by atoms with van der Waals surface area (Å²) in [5.74, 6) is 0. The summed E-state index contributed by atoms with van der Waals surface area (Å²) in [6, 6.07) is 0. The van der Waals surface area contributed by atoms with Gasteiger partial charge in [0.2, 0.25) is 0 Å². The van der Waals surface area contributed by atoms with E-state index in [9.17, 15) is 43.2 Å². The number of halogens is 8. The molecule has 0 rings (SSSR count). The minimum Gasteiger partial charge on any atom is -0.188 e. The van der Waals surface area contributed by atoms with Crippen LogP contribution in [0, 0.1) is 0 Å². The number of hydrogen-bond acceptors (Lipinski definition) is 5. The van der Waals surface area contributed by atoms with E-state index in [1.807, 2.05) is 3.63 Å². The standard InChI is InChI=1S/C2F6O5S2.2ClH/c3-1(4,5)14(9,10)13-15(11,12)2(6,7)8;;/h;2*1H. The first-order valence-electron chi connectivity index (χ1n) is 2.54. The Balaban J connectivity index is -0.000000980. The molecule has 0 saturated heterocycles. The highest BCUT2D eigenvalue weighted by Crippen LogP contribution is 2.31. The minimum atomic E-state index is -6.85. The Hall–Kier alpha value is 0.0200. The third-order valence-electron chi connectivity index (χ3n) is 0.746. The van der Waals surface area contributed by atoms with Crippen LogP contribution in [-0.4, -0.2) is 27.9 Å². The SMILES string of the molecule is Cl.Cl.O=S(=O)(OS(=O)(=O)C(F)(F)F)C(F)(F)F. The molecule has 0 N–H and O–H groups in total. The largest absolute Gasteiger partial charge is 0.524 e. The lowest BCUT2D eigenvalue weighted by molar-refractivity contribution is -0.0585. The summed E-state index contributed by atoms with van der Waals surface area (Å²) in [4.78, 5) is 0. The fraction of sp³-hybridized carbons (Fsp3) is 1.00. The highest BCUT2D eigenvalue weighted by Gasteiger charge is 2.57. The van der Waals surface area contributed by atoms with Gasteiger partial charge in [-0.25, -0.2) is 0 Å². The molecule has 0 radical (unpaired) electrons. The van der Waals surface area contributed by atoms with Gasteiger partial charge in [0, 0.05) is 0 Å². The summed E-state index contributed by atoms with van der Waals surface area (Å²) in [6.45, 7) is 0. The van der Waals surface area contributed by atoms with Crippen molar-refractivity contribution in [1.29, 1.82) is 0 Å². The van der Waals surface area contributed by atoms with Gasteiger partial charge >= 0.3 is 31.3 Å². The fourth-order valence-corrected chi connectivity index (χ4v) is 1.76. The van der Waals surface area contributed by atoms with E-state index in [1.165, 1.54) is 0 Å². The maximum Gasteiger partial charge on any atom is 0.524 e. The van der Waals surface area contributed by atoms with Gasteiger partial charge in [-0.05, 0) is 0 Å². The molecule has 0 heterocycles. The predicted molar refractivity (Wildman–Crippen MR) is 45.5 cm³/mol. The Labute approximate surface area is 103 Å². The first-order valence-corrected chi connectivity index (χ1v) is 5.36. The molecule has 15 heteroatoms. The summed E-state index contributed by atoms with van der Waals surface area (Å²) < 4.78 is 110. The number of alkyl halides is 6. The maximum absolute atomic E-state index is 11.4. The van der Waals surface area contributed by atoms with E-state index in [0.29, 0.717) is 0 Å². The molecule has 5 nitrogen and oxygen atoms in total. The molecular weight excluding hydrogens is 353 g/mol. The summed E-state index contributed by atoms with van der Waals surface area (Å²) >= 11 is 0. The summed E-state index contributed by atoms with van der Waals surface area (Å²) in [6.07, 6.45) is 0. The van der Waals surface area contributed by atoms with Crippen LogP contribution in [0.15, 0.2) is 0 Å². The van der Waals surface area contributed by atoms with Crippen LogP contribution >= 0.6 is 24.8 Å². The van der Waals surface area contributed by atoms with E-state index in [-0.39, 0.29) is 24.8 Å². The Morgan fingerprint density at radius 2 is 0.824 bits per heavy atom. The summed E-state index contributed by atoms with van der Waals surface area (Å²) in [5.41, 5.74) is -12.5. The topological polar surface area (TPSA) is 77.5 Å². The molecule has 0 bridgehead atoms. The molecular formula is C2H2Cl2F6O5S2. The zero-order chi connectivity index (χ0) is 12.7. The third kappa shape index (κ3) is 5.46. The van der Waals surface area contributed by atoms with Crippen LogP contribution in [0.1, 0.15) is 0 Å². The van der Waals surface area contributed by atoms with Crippen molar-refractivity contribution in [3.63, 3.8) is 0 Å². The van der Waals surface area contributed by atoms with Gasteiger partial charge in [-0.1, -0.05) is 0 Å².